The van der Waals surface area contributed by atoms with E-state index in [9.17, 15) is 4.79 Å². The van der Waals surface area contributed by atoms with Crippen LogP contribution < -0.4 is 10.9 Å². The molecule has 0 amide bonds. The number of nitrogens with one attached hydrogen (secondary N) is 1. The first kappa shape index (κ1) is 15.7. The fraction of sp³-hybridized carbons (Fsp3) is 0.158. The van der Waals surface area contributed by atoms with Crippen LogP contribution in [0.25, 0.3) is 26.0 Å². The zero-order valence-electron chi connectivity index (χ0n) is 13.9. The highest BCUT2D eigenvalue weighted by atomic mass is 32.1. The van der Waals surface area contributed by atoms with E-state index in [-0.39, 0.29) is 5.56 Å². The van der Waals surface area contributed by atoms with Crippen LogP contribution in [0.1, 0.15) is 6.42 Å². The first-order valence-corrected chi connectivity index (χ1v) is 8.77. The van der Waals surface area contributed by atoms with Crippen LogP contribution in [-0.2, 0) is 4.74 Å². The van der Waals surface area contributed by atoms with Gasteiger partial charge in [-0.2, -0.15) is 0 Å². The summed E-state index contributed by atoms with van der Waals surface area (Å²) in [5, 5.41) is 5.13. The van der Waals surface area contributed by atoms with Gasteiger partial charge in [0.15, 0.2) is 0 Å². The minimum absolute atomic E-state index is 0.0172. The Morgan fingerprint density at radius 1 is 1.32 bits per heavy atom. The highest BCUT2D eigenvalue weighted by molar-refractivity contribution is 7.25. The lowest BCUT2D eigenvalue weighted by Gasteiger charge is -2.08. The fourth-order valence-corrected chi connectivity index (χ4v) is 4.13. The van der Waals surface area contributed by atoms with Gasteiger partial charge in [0, 0.05) is 48.0 Å². The second-order valence-corrected chi connectivity index (χ2v) is 6.66. The van der Waals surface area contributed by atoms with Crippen molar-refractivity contribution in [3.63, 3.8) is 0 Å². The van der Waals surface area contributed by atoms with Crippen molar-refractivity contribution < 1.29 is 4.74 Å². The van der Waals surface area contributed by atoms with Gasteiger partial charge in [0.2, 0.25) is 0 Å². The van der Waals surface area contributed by atoms with E-state index >= 15 is 0 Å². The molecule has 0 aromatic carbocycles. The van der Waals surface area contributed by atoms with Crippen LogP contribution in [0, 0.1) is 0 Å². The Morgan fingerprint density at radius 3 is 3.00 bits per heavy atom. The van der Waals surface area contributed by atoms with Crippen LogP contribution in [0.5, 0.6) is 0 Å². The van der Waals surface area contributed by atoms with Gasteiger partial charge in [-0.1, -0.05) is 6.08 Å². The third-order valence-electron chi connectivity index (χ3n) is 4.30. The molecule has 0 atom stereocenters. The number of fused-ring (bicyclic) bond motifs is 3. The Labute approximate surface area is 148 Å². The molecule has 3 aromatic heterocycles. The predicted molar refractivity (Wildman–Crippen MR) is 104 cm³/mol. The molecule has 3 heterocycles. The summed E-state index contributed by atoms with van der Waals surface area (Å²) in [4.78, 5) is 18.4. The van der Waals surface area contributed by atoms with Crippen LogP contribution >= 0.6 is 11.3 Å². The molecule has 6 heteroatoms. The number of allylic oxidation sites excluding steroid dienone is 5. The number of hydrogen-bond acceptors (Lipinski definition) is 5. The zero-order chi connectivity index (χ0) is 17.4. The van der Waals surface area contributed by atoms with E-state index in [1.165, 1.54) is 11.3 Å². The van der Waals surface area contributed by atoms with E-state index in [1.54, 1.807) is 17.9 Å². The summed E-state index contributed by atoms with van der Waals surface area (Å²) in [6.07, 6.45) is 12.0. The van der Waals surface area contributed by atoms with E-state index in [1.807, 2.05) is 49.7 Å². The lowest BCUT2D eigenvalue weighted by Crippen LogP contribution is -2.17. The average Bonchev–Trinajstić information content (AvgIpc) is 2.86. The van der Waals surface area contributed by atoms with Crippen LogP contribution in [-0.4, -0.2) is 23.7 Å². The summed E-state index contributed by atoms with van der Waals surface area (Å²) in [6, 6.07) is 3.92. The van der Waals surface area contributed by atoms with Gasteiger partial charge in [-0.25, -0.2) is 4.98 Å². The lowest BCUT2D eigenvalue weighted by atomic mass is 10.2. The summed E-state index contributed by atoms with van der Waals surface area (Å²) in [6.45, 7) is 0. The van der Waals surface area contributed by atoms with Crippen molar-refractivity contribution >= 4 is 43.0 Å². The highest BCUT2D eigenvalue weighted by Gasteiger charge is 2.15. The molecule has 4 rings (SSSR count). The van der Waals surface area contributed by atoms with Crippen LogP contribution in [0.3, 0.4) is 0 Å². The number of methoxy groups -OCH3 is 1. The first-order valence-electron chi connectivity index (χ1n) is 7.95. The maximum atomic E-state index is 13.1. The summed E-state index contributed by atoms with van der Waals surface area (Å²) in [5.41, 5.74) is 1.88. The van der Waals surface area contributed by atoms with Gasteiger partial charge in [-0.15, -0.1) is 11.3 Å². The van der Waals surface area contributed by atoms with E-state index in [0.717, 1.165) is 37.4 Å². The Bertz CT molecular complexity index is 1120. The number of nitrogens with zero attached hydrogens (tertiary/aromatic N) is 2. The molecule has 1 aliphatic rings. The van der Waals surface area contributed by atoms with Gasteiger partial charge in [0.05, 0.1) is 7.11 Å². The van der Waals surface area contributed by atoms with Gasteiger partial charge in [0.1, 0.15) is 15.3 Å². The second kappa shape index (κ2) is 6.22. The minimum atomic E-state index is -0.0172. The third kappa shape index (κ3) is 2.55. The van der Waals surface area contributed by atoms with E-state index < -0.39 is 0 Å². The van der Waals surface area contributed by atoms with Crippen molar-refractivity contribution in [2.75, 3.05) is 19.5 Å². The van der Waals surface area contributed by atoms with E-state index in [4.69, 9.17) is 4.74 Å². The van der Waals surface area contributed by atoms with Crippen molar-refractivity contribution in [2.24, 2.45) is 0 Å². The Balaban J connectivity index is 1.94. The van der Waals surface area contributed by atoms with E-state index in [2.05, 4.69) is 10.3 Å². The van der Waals surface area contributed by atoms with E-state index in [0.29, 0.717) is 6.42 Å². The standard InChI is InChI=1S/C19H17N3O2S/c1-20-15-8-10-21-18-16(15)14-9-11-22(19(23)17(14)25-18)12-4-3-5-13(24-2)7-6-12/h3,5-11H,4H2,1-2H3,(H,20,21). The highest BCUT2D eigenvalue weighted by Crippen LogP contribution is 2.35. The predicted octanol–water partition coefficient (Wildman–Crippen LogP) is 3.98. The van der Waals surface area contributed by atoms with Gasteiger partial charge >= 0.3 is 0 Å². The molecule has 3 aromatic rings. The number of aromatic nitrogens is 2. The van der Waals surface area contributed by atoms with Gasteiger partial charge < -0.3 is 10.1 Å². The van der Waals surface area contributed by atoms with Crippen molar-refractivity contribution in [3.05, 3.63) is 64.9 Å². The maximum Gasteiger partial charge on any atom is 0.272 e. The molecule has 0 spiro atoms. The number of rotatable bonds is 3. The molecular weight excluding hydrogens is 334 g/mol. The molecule has 1 N–H and O–H groups in total. The lowest BCUT2D eigenvalue weighted by molar-refractivity contribution is 0.307. The topological polar surface area (TPSA) is 56.2 Å². The molecule has 25 heavy (non-hydrogen) atoms. The molecule has 0 radical (unpaired) electrons. The molecule has 0 aliphatic heterocycles. The van der Waals surface area contributed by atoms with Gasteiger partial charge in [-0.05, 0) is 30.4 Å². The van der Waals surface area contributed by atoms with Crippen LogP contribution in [0.15, 0.2) is 59.4 Å². The van der Waals surface area contributed by atoms with Gasteiger partial charge in [0.25, 0.3) is 5.56 Å². The van der Waals surface area contributed by atoms with Crippen molar-refractivity contribution in [1.29, 1.82) is 0 Å². The Morgan fingerprint density at radius 2 is 2.20 bits per heavy atom. The summed E-state index contributed by atoms with van der Waals surface area (Å²) >= 11 is 1.44. The largest absolute Gasteiger partial charge is 0.497 e. The molecule has 0 fully saturated rings. The number of anilines is 1. The number of ether oxygens (including phenoxy) is 1. The molecule has 1 aliphatic carbocycles. The normalized spacial score (nSPS) is 14.3. The summed E-state index contributed by atoms with van der Waals surface area (Å²) < 4.78 is 7.68. The summed E-state index contributed by atoms with van der Waals surface area (Å²) in [7, 11) is 3.51. The van der Waals surface area contributed by atoms with Crippen molar-refractivity contribution in [3.8, 4) is 0 Å². The van der Waals surface area contributed by atoms with Crippen molar-refractivity contribution in [2.45, 2.75) is 6.42 Å². The smallest absolute Gasteiger partial charge is 0.272 e. The second-order valence-electron chi connectivity index (χ2n) is 5.66. The zero-order valence-corrected chi connectivity index (χ0v) is 14.8. The monoisotopic (exact) mass is 351 g/mol. The Kier molecular flexibility index (Phi) is 3.89. The third-order valence-corrected chi connectivity index (χ3v) is 5.40. The molecule has 0 saturated heterocycles. The van der Waals surface area contributed by atoms with Crippen molar-refractivity contribution in [1.82, 2.24) is 9.55 Å². The molecule has 0 unspecified atom stereocenters. The molecule has 0 bridgehead atoms. The average molecular weight is 351 g/mol. The van der Waals surface area contributed by atoms with Crippen LogP contribution in [0.2, 0.25) is 0 Å². The number of pyridine rings is 2. The summed E-state index contributed by atoms with van der Waals surface area (Å²) in [5.74, 6) is 0.772. The molecule has 0 saturated carbocycles. The molecular formula is C19H17N3O2S. The maximum absolute atomic E-state index is 13.1. The quantitative estimate of drug-likeness (QED) is 0.775. The first-order chi connectivity index (χ1) is 12.2. The Hall–Kier alpha value is -2.86. The minimum Gasteiger partial charge on any atom is -0.497 e. The number of thiophene rings is 1. The SMILES string of the molecule is CNc1ccnc2sc3c(=O)n(C4=CC=C(OC)C=CC4)ccc3c12. The fourth-order valence-electron chi connectivity index (χ4n) is 3.04. The molecule has 126 valence electrons. The van der Waals surface area contributed by atoms with Crippen LogP contribution in [0.4, 0.5) is 5.69 Å². The van der Waals surface area contributed by atoms with Gasteiger partial charge in [-0.3, -0.25) is 9.36 Å². The molecule has 5 nitrogen and oxygen atoms in total. The number of hydrogen-bond donors (Lipinski definition) is 1.